The molecule has 1 N–H and O–H groups in total. The van der Waals surface area contributed by atoms with Gasteiger partial charge in [-0.05, 0) is 73.2 Å². The summed E-state index contributed by atoms with van der Waals surface area (Å²) in [6.07, 6.45) is 4.49. The van der Waals surface area contributed by atoms with Gasteiger partial charge in [-0.25, -0.2) is 0 Å². The maximum absolute atomic E-state index is 13.3. The van der Waals surface area contributed by atoms with Gasteiger partial charge in [0.1, 0.15) is 5.75 Å². The lowest BCUT2D eigenvalue weighted by Gasteiger charge is -2.43. The molecule has 0 radical (unpaired) electrons. The number of aromatic amines is 1. The number of hydrogen-bond donors (Lipinski definition) is 1. The van der Waals surface area contributed by atoms with Gasteiger partial charge in [-0.2, -0.15) is 0 Å². The molecule has 2 saturated heterocycles. The van der Waals surface area contributed by atoms with Crippen molar-refractivity contribution >= 4 is 28.4 Å². The van der Waals surface area contributed by atoms with Crippen LogP contribution in [0.3, 0.4) is 0 Å². The molecule has 0 bridgehead atoms. The second kappa shape index (κ2) is 10.6. The van der Waals surface area contributed by atoms with Crippen molar-refractivity contribution in [2.75, 3.05) is 46.0 Å². The zero-order chi connectivity index (χ0) is 24.3. The van der Waals surface area contributed by atoms with Crippen molar-refractivity contribution in [1.82, 2.24) is 14.8 Å². The van der Waals surface area contributed by atoms with E-state index in [0.29, 0.717) is 39.3 Å². The number of rotatable bonds is 7. The van der Waals surface area contributed by atoms with Crippen LogP contribution in [0.25, 0.3) is 10.9 Å². The van der Waals surface area contributed by atoms with Crippen molar-refractivity contribution in [3.63, 3.8) is 0 Å². The molecule has 2 aliphatic heterocycles. The van der Waals surface area contributed by atoms with Crippen molar-refractivity contribution < 1.29 is 14.3 Å². The van der Waals surface area contributed by atoms with E-state index in [0.717, 1.165) is 54.3 Å². The molecule has 1 atom stereocenters. The lowest BCUT2D eigenvalue weighted by Crippen LogP contribution is -2.50. The number of H-pyrrole nitrogens is 1. The third kappa shape index (κ3) is 5.83. The summed E-state index contributed by atoms with van der Waals surface area (Å²) in [6.45, 7) is 7.79. The first-order chi connectivity index (χ1) is 17.0. The smallest absolute Gasteiger partial charge is 0.223 e. The highest BCUT2D eigenvalue weighted by Gasteiger charge is 2.39. The van der Waals surface area contributed by atoms with Crippen LogP contribution < -0.4 is 4.74 Å². The molecule has 35 heavy (non-hydrogen) atoms. The molecule has 1 amide bonds. The number of nitrogens with zero attached hydrogens (tertiary/aromatic N) is 2. The summed E-state index contributed by atoms with van der Waals surface area (Å²) in [5, 5.41) is 1.96. The molecule has 3 heterocycles. The van der Waals surface area contributed by atoms with E-state index >= 15 is 0 Å². The van der Waals surface area contributed by atoms with Crippen LogP contribution in [-0.2, 0) is 16.1 Å². The van der Waals surface area contributed by atoms with E-state index in [9.17, 15) is 4.79 Å². The summed E-state index contributed by atoms with van der Waals surface area (Å²) < 4.78 is 11.8. The highest BCUT2D eigenvalue weighted by atomic mass is 35.5. The fraction of sp³-hybridized carbons (Fsp3) is 0.464. The number of fused-ring (bicyclic) bond motifs is 1. The number of carbonyl (C=O) groups is 1. The van der Waals surface area contributed by atoms with Gasteiger partial charge < -0.3 is 19.4 Å². The van der Waals surface area contributed by atoms with E-state index in [4.69, 9.17) is 21.1 Å². The van der Waals surface area contributed by atoms with Crippen molar-refractivity contribution in [3.8, 4) is 5.75 Å². The van der Waals surface area contributed by atoms with Crippen LogP contribution in [0.5, 0.6) is 5.75 Å². The lowest BCUT2D eigenvalue weighted by atomic mass is 9.77. The van der Waals surface area contributed by atoms with Crippen LogP contribution in [-0.4, -0.2) is 66.7 Å². The zero-order valence-corrected chi connectivity index (χ0v) is 21.2. The minimum atomic E-state index is -0.238. The number of likely N-dealkylation sites (tertiary alicyclic amines) is 1. The number of amides is 1. The summed E-state index contributed by atoms with van der Waals surface area (Å²) in [6, 6.07) is 14.5. The van der Waals surface area contributed by atoms with Crippen molar-refractivity contribution in [1.29, 1.82) is 0 Å². The number of halogens is 1. The number of aromatic nitrogens is 1. The van der Waals surface area contributed by atoms with E-state index in [-0.39, 0.29) is 11.3 Å². The third-order valence-electron chi connectivity index (χ3n) is 7.33. The molecule has 0 saturated carbocycles. The highest BCUT2D eigenvalue weighted by Crippen LogP contribution is 2.36. The van der Waals surface area contributed by atoms with Gasteiger partial charge in [0.05, 0.1) is 19.8 Å². The number of benzene rings is 2. The summed E-state index contributed by atoms with van der Waals surface area (Å²) in [7, 11) is 0. The van der Waals surface area contributed by atoms with Crippen molar-refractivity contribution in [2.45, 2.75) is 32.7 Å². The minimum absolute atomic E-state index is 0.207. The molecule has 3 aromatic rings. The van der Waals surface area contributed by atoms with Gasteiger partial charge in [0.2, 0.25) is 5.91 Å². The van der Waals surface area contributed by atoms with Crippen LogP contribution in [0, 0.1) is 12.3 Å². The average molecular weight is 496 g/mol. The first kappa shape index (κ1) is 24.2. The Morgan fingerprint density at radius 3 is 2.83 bits per heavy atom. The van der Waals surface area contributed by atoms with Gasteiger partial charge in [0.25, 0.3) is 0 Å². The molecule has 2 aliphatic rings. The van der Waals surface area contributed by atoms with E-state index in [1.807, 2.05) is 36.2 Å². The van der Waals surface area contributed by atoms with Crippen molar-refractivity contribution in [3.05, 3.63) is 64.8 Å². The Kier molecular flexibility index (Phi) is 7.32. The summed E-state index contributed by atoms with van der Waals surface area (Å²) in [5.74, 6) is 1.01. The second-order valence-electron chi connectivity index (χ2n) is 10.1. The molecule has 1 aromatic heterocycles. The third-order valence-corrected chi connectivity index (χ3v) is 7.75. The SMILES string of the molecule is Cc1cc(OC[C@@]2(CC(=O)N3CCOCC3)CCCN(Cc3ccc4cc[nH]c4c3)C2)ccc1Cl. The van der Waals surface area contributed by atoms with Crippen LogP contribution in [0.4, 0.5) is 0 Å². The van der Waals surface area contributed by atoms with Crippen molar-refractivity contribution in [2.24, 2.45) is 5.41 Å². The summed E-state index contributed by atoms with van der Waals surface area (Å²) >= 11 is 6.21. The molecule has 186 valence electrons. The van der Waals surface area contributed by atoms with E-state index in [2.05, 4.69) is 34.1 Å². The zero-order valence-electron chi connectivity index (χ0n) is 20.4. The number of carbonyl (C=O) groups excluding carboxylic acids is 1. The molecule has 5 rings (SSSR count). The first-order valence-electron chi connectivity index (χ1n) is 12.5. The van der Waals surface area contributed by atoms with E-state index in [1.165, 1.54) is 10.9 Å². The molecule has 6 nitrogen and oxygen atoms in total. The Morgan fingerprint density at radius 2 is 2.00 bits per heavy atom. The largest absolute Gasteiger partial charge is 0.493 e. The standard InChI is InChI=1S/C28H34ClN3O3/c1-21-15-24(5-6-25(21)29)35-20-28(17-27(33)32-11-13-34-14-12-32)8-2-10-31(19-28)18-22-3-4-23-7-9-30-26(23)16-22/h3-7,9,15-16,30H,2,8,10-14,17-20H2,1H3/t28-/m1/s1. The Morgan fingerprint density at radius 1 is 1.14 bits per heavy atom. The molecule has 0 spiro atoms. The quantitative estimate of drug-likeness (QED) is 0.499. The van der Waals surface area contributed by atoms with Gasteiger partial charge in [-0.3, -0.25) is 9.69 Å². The number of aryl methyl sites for hydroxylation is 1. The topological polar surface area (TPSA) is 57.8 Å². The van der Waals surface area contributed by atoms with E-state index < -0.39 is 0 Å². The van der Waals surface area contributed by atoms with Crippen LogP contribution in [0.2, 0.25) is 5.02 Å². The highest BCUT2D eigenvalue weighted by molar-refractivity contribution is 6.31. The number of morpholine rings is 1. The van der Waals surface area contributed by atoms with E-state index in [1.54, 1.807) is 0 Å². The maximum Gasteiger partial charge on any atom is 0.223 e. The molecular weight excluding hydrogens is 462 g/mol. The molecule has 2 aromatic carbocycles. The fourth-order valence-electron chi connectivity index (χ4n) is 5.40. The van der Waals surface area contributed by atoms with Gasteiger partial charge in [-0.1, -0.05) is 23.7 Å². The summed E-state index contributed by atoms with van der Waals surface area (Å²) in [5.41, 5.74) is 3.20. The Balaban J connectivity index is 1.33. The van der Waals surface area contributed by atoms with Crippen LogP contribution in [0.1, 0.15) is 30.4 Å². The normalized spacial score (nSPS) is 21.4. The first-order valence-corrected chi connectivity index (χ1v) is 12.9. The maximum atomic E-state index is 13.3. The Hall–Kier alpha value is -2.54. The fourth-order valence-corrected chi connectivity index (χ4v) is 5.52. The molecule has 7 heteroatoms. The molecule has 0 aliphatic carbocycles. The lowest BCUT2D eigenvalue weighted by molar-refractivity contribution is -0.139. The Bertz CT molecular complexity index is 1170. The molecule has 2 fully saturated rings. The van der Waals surface area contributed by atoms with Crippen LogP contribution in [0.15, 0.2) is 48.7 Å². The number of nitrogens with one attached hydrogen (secondary N) is 1. The predicted molar refractivity (Wildman–Crippen MR) is 139 cm³/mol. The van der Waals surface area contributed by atoms with Gasteiger partial charge in [-0.15, -0.1) is 0 Å². The molecular formula is C28H34ClN3O3. The minimum Gasteiger partial charge on any atom is -0.493 e. The summed E-state index contributed by atoms with van der Waals surface area (Å²) in [4.78, 5) is 21.1. The Labute approximate surface area is 212 Å². The number of ether oxygens (including phenoxy) is 2. The van der Waals surface area contributed by atoms with Gasteiger partial charge >= 0.3 is 0 Å². The number of piperidine rings is 1. The van der Waals surface area contributed by atoms with Gasteiger partial charge in [0.15, 0.2) is 0 Å². The second-order valence-corrected chi connectivity index (χ2v) is 10.5. The van der Waals surface area contributed by atoms with Gasteiger partial charge in [0, 0.05) is 54.8 Å². The molecule has 0 unspecified atom stereocenters. The predicted octanol–water partition coefficient (Wildman–Crippen LogP) is 5.04. The average Bonchev–Trinajstić information content (AvgIpc) is 3.33. The monoisotopic (exact) mass is 495 g/mol. The number of hydrogen-bond acceptors (Lipinski definition) is 4. The van der Waals surface area contributed by atoms with Crippen LogP contribution >= 0.6 is 11.6 Å².